The van der Waals surface area contributed by atoms with E-state index in [1.807, 2.05) is 0 Å². The van der Waals surface area contributed by atoms with Crippen molar-refractivity contribution < 1.29 is 0 Å². The average molecular weight is 259 g/mol. The smallest absolute Gasteiger partial charge is 0.0424 e. The lowest BCUT2D eigenvalue weighted by atomic mass is 10.0. The minimum atomic E-state index is 0.136. The minimum absolute atomic E-state index is 0.136. The predicted octanol–water partition coefficient (Wildman–Crippen LogP) is 1.85. The van der Waals surface area contributed by atoms with Gasteiger partial charge in [-0.15, -0.1) is 0 Å². The Bertz CT molecular complexity index is 406. The molecule has 19 heavy (non-hydrogen) atoms. The van der Waals surface area contributed by atoms with Crippen molar-refractivity contribution in [2.45, 2.75) is 37.9 Å². The Balaban J connectivity index is 1.63. The third-order valence-corrected chi connectivity index (χ3v) is 4.73. The van der Waals surface area contributed by atoms with Gasteiger partial charge in [0.15, 0.2) is 0 Å². The van der Waals surface area contributed by atoms with Gasteiger partial charge in [0, 0.05) is 37.8 Å². The molecular formula is C16H25N3. The maximum atomic E-state index is 6.37. The molecule has 0 bridgehead atoms. The summed E-state index contributed by atoms with van der Waals surface area (Å²) >= 11 is 0. The fraction of sp³-hybridized carbons (Fsp3) is 0.625. The molecular weight excluding hydrogens is 234 g/mol. The molecule has 2 aliphatic rings. The highest BCUT2D eigenvalue weighted by molar-refractivity contribution is 5.18. The second kappa shape index (κ2) is 5.61. The molecule has 3 heteroatoms. The summed E-state index contributed by atoms with van der Waals surface area (Å²) in [5.41, 5.74) is 7.62. The first-order valence-corrected chi connectivity index (χ1v) is 7.52. The third kappa shape index (κ3) is 2.83. The second-order valence-electron chi connectivity index (χ2n) is 6.11. The number of hydrogen-bond acceptors (Lipinski definition) is 3. The Morgan fingerprint density at radius 2 is 2.05 bits per heavy atom. The van der Waals surface area contributed by atoms with Crippen LogP contribution in [0.5, 0.6) is 0 Å². The highest BCUT2D eigenvalue weighted by Crippen LogP contribution is 2.25. The van der Waals surface area contributed by atoms with Crippen LogP contribution < -0.4 is 5.73 Å². The Kier molecular flexibility index (Phi) is 3.87. The number of fused-ring (bicyclic) bond motifs is 1. The van der Waals surface area contributed by atoms with Crippen LogP contribution in [0.15, 0.2) is 30.3 Å². The molecule has 104 valence electrons. The van der Waals surface area contributed by atoms with Crippen molar-refractivity contribution in [3.05, 3.63) is 35.9 Å². The fourth-order valence-electron chi connectivity index (χ4n) is 3.56. The largest absolute Gasteiger partial charge is 0.323 e. The molecule has 0 aliphatic carbocycles. The number of rotatable bonds is 3. The molecule has 3 rings (SSSR count). The van der Waals surface area contributed by atoms with Crippen LogP contribution in [0, 0.1) is 0 Å². The van der Waals surface area contributed by atoms with Crippen LogP contribution in [-0.4, -0.2) is 48.1 Å². The van der Waals surface area contributed by atoms with Crippen LogP contribution in [0.3, 0.4) is 0 Å². The summed E-state index contributed by atoms with van der Waals surface area (Å²) in [5, 5.41) is 0. The molecule has 0 aromatic heterocycles. The van der Waals surface area contributed by atoms with Gasteiger partial charge in [-0.3, -0.25) is 9.80 Å². The minimum Gasteiger partial charge on any atom is -0.323 e. The normalized spacial score (nSPS) is 30.2. The zero-order chi connectivity index (χ0) is 13.2. The van der Waals surface area contributed by atoms with Crippen molar-refractivity contribution in [1.29, 1.82) is 0 Å². The quantitative estimate of drug-likeness (QED) is 0.899. The van der Waals surface area contributed by atoms with Gasteiger partial charge in [-0.1, -0.05) is 30.3 Å². The molecule has 3 nitrogen and oxygen atoms in total. The van der Waals surface area contributed by atoms with Crippen LogP contribution in [-0.2, 0) is 0 Å². The first-order valence-electron chi connectivity index (χ1n) is 7.52. The van der Waals surface area contributed by atoms with Crippen molar-refractivity contribution in [3.63, 3.8) is 0 Å². The van der Waals surface area contributed by atoms with Crippen molar-refractivity contribution in [1.82, 2.24) is 9.80 Å². The van der Waals surface area contributed by atoms with Gasteiger partial charge in [0.1, 0.15) is 0 Å². The van der Waals surface area contributed by atoms with E-state index in [0.717, 1.165) is 12.6 Å². The molecule has 2 fully saturated rings. The number of hydrogen-bond donors (Lipinski definition) is 1. The molecule has 0 saturated carbocycles. The number of nitrogens with zero attached hydrogens (tertiary/aromatic N) is 2. The summed E-state index contributed by atoms with van der Waals surface area (Å²) in [5.74, 6) is 0. The summed E-state index contributed by atoms with van der Waals surface area (Å²) in [6, 6.07) is 12.0. The zero-order valence-electron chi connectivity index (χ0n) is 11.8. The Labute approximate surface area is 116 Å². The van der Waals surface area contributed by atoms with E-state index in [1.165, 1.54) is 38.0 Å². The first kappa shape index (κ1) is 13.1. The van der Waals surface area contributed by atoms with E-state index < -0.39 is 0 Å². The molecule has 0 spiro atoms. The molecule has 0 radical (unpaired) electrons. The first-order chi connectivity index (χ1) is 9.24. The van der Waals surface area contributed by atoms with E-state index in [0.29, 0.717) is 6.04 Å². The van der Waals surface area contributed by atoms with Gasteiger partial charge in [-0.05, 0) is 31.9 Å². The fourth-order valence-corrected chi connectivity index (χ4v) is 3.56. The molecule has 2 saturated heterocycles. The Hall–Kier alpha value is -0.900. The SMILES string of the molecule is CC1CN2CCCC2CN1CC(N)c1ccccc1. The highest BCUT2D eigenvalue weighted by Gasteiger charge is 2.34. The standard InChI is InChI=1S/C16H25N3/c1-13-10-18-9-5-8-15(18)11-19(13)12-16(17)14-6-3-2-4-7-14/h2-4,6-7,13,15-16H,5,8-12,17H2,1H3. The number of benzene rings is 1. The van der Waals surface area contributed by atoms with Crippen LogP contribution in [0.4, 0.5) is 0 Å². The van der Waals surface area contributed by atoms with Crippen molar-refractivity contribution in [2.75, 3.05) is 26.2 Å². The van der Waals surface area contributed by atoms with E-state index in [-0.39, 0.29) is 6.04 Å². The summed E-state index contributed by atoms with van der Waals surface area (Å²) in [6.07, 6.45) is 2.74. The lowest BCUT2D eigenvalue weighted by Crippen LogP contribution is -2.56. The maximum absolute atomic E-state index is 6.37. The summed E-state index contributed by atoms with van der Waals surface area (Å²) < 4.78 is 0. The van der Waals surface area contributed by atoms with E-state index in [1.54, 1.807) is 0 Å². The lowest BCUT2D eigenvalue weighted by molar-refractivity contribution is 0.0553. The van der Waals surface area contributed by atoms with Crippen LogP contribution in [0.1, 0.15) is 31.4 Å². The topological polar surface area (TPSA) is 32.5 Å². The summed E-state index contributed by atoms with van der Waals surface area (Å²) in [4.78, 5) is 5.25. The van der Waals surface area contributed by atoms with Gasteiger partial charge in [-0.25, -0.2) is 0 Å². The predicted molar refractivity (Wildman–Crippen MR) is 79.0 cm³/mol. The van der Waals surface area contributed by atoms with E-state index in [9.17, 15) is 0 Å². The van der Waals surface area contributed by atoms with Gasteiger partial charge in [-0.2, -0.15) is 0 Å². The second-order valence-corrected chi connectivity index (χ2v) is 6.11. The molecule has 0 amide bonds. The molecule has 3 unspecified atom stereocenters. The third-order valence-electron chi connectivity index (χ3n) is 4.73. The van der Waals surface area contributed by atoms with Gasteiger partial charge in [0.05, 0.1) is 0 Å². The van der Waals surface area contributed by atoms with Gasteiger partial charge < -0.3 is 5.73 Å². The molecule has 2 N–H and O–H groups in total. The van der Waals surface area contributed by atoms with Crippen molar-refractivity contribution in [2.24, 2.45) is 5.73 Å². The van der Waals surface area contributed by atoms with Gasteiger partial charge in [0.25, 0.3) is 0 Å². The molecule has 1 aromatic rings. The monoisotopic (exact) mass is 259 g/mol. The maximum Gasteiger partial charge on any atom is 0.0424 e. The van der Waals surface area contributed by atoms with Crippen molar-refractivity contribution >= 4 is 0 Å². The van der Waals surface area contributed by atoms with Gasteiger partial charge in [0.2, 0.25) is 0 Å². The van der Waals surface area contributed by atoms with E-state index in [2.05, 4.69) is 47.1 Å². The van der Waals surface area contributed by atoms with E-state index in [4.69, 9.17) is 5.73 Å². The Morgan fingerprint density at radius 3 is 2.84 bits per heavy atom. The Morgan fingerprint density at radius 1 is 1.26 bits per heavy atom. The zero-order valence-corrected chi connectivity index (χ0v) is 11.8. The van der Waals surface area contributed by atoms with Crippen molar-refractivity contribution in [3.8, 4) is 0 Å². The summed E-state index contributed by atoms with van der Waals surface area (Å²) in [7, 11) is 0. The number of nitrogens with two attached hydrogens (primary N) is 1. The lowest BCUT2D eigenvalue weighted by Gasteiger charge is -2.43. The van der Waals surface area contributed by atoms with Gasteiger partial charge >= 0.3 is 0 Å². The number of piperazine rings is 1. The molecule has 2 aliphatic heterocycles. The van der Waals surface area contributed by atoms with Crippen LogP contribution in [0.25, 0.3) is 0 Å². The molecule has 1 aromatic carbocycles. The van der Waals surface area contributed by atoms with E-state index >= 15 is 0 Å². The molecule has 2 heterocycles. The molecule has 3 atom stereocenters. The summed E-state index contributed by atoms with van der Waals surface area (Å²) in [6.45, 7) is 7.03. The van der Waals surface area contributed by atoms with Crippen LogP contribution in [0.2, 0.25) is 0 Å². The highest BCUT2D eigenvalue weighted by atomic mass is 15.3. The average Bonchev–Trinajstić information content (AvgIpc) is 2.87. The van der Waals surface area contributed by atoms with Crippen LogP contribution >= 0.6 is 0 Å².